The number of hydrogen-bond donors (Lipinski definition) is 2. The lowest BCUT2D eigenvalue weighted by Gasteiger charge is -2.05. The number of aromatic nitrogens is 2. The van der Waals surface area contributed by atoms with Crippen LogP contribution in [0.4, 0.5) is 10.1 Å². The van der Waals surface area contributed by atoms with Crippen LogP contribution >= 0.6 is 0 Å². The maximum atomic E-state index is 13.2. The summed E-state index contributed by atoms with van der Waals surface area (Å²) < 4.78 is 13.2. The van der Waals surface area contributed by atoms with E-state index in [1.165, 1.54) is 30.6 Å². The van der Waals surface area contributed by atoms with Crippen molar-refractivity contribution in [3.8, 4) is 5.75 Å². The lowest BCUT2D eigenvalue weighted by Crippen LogP contribution is -2.14. The lowest BCUT2D eigenvalue weighted by atomic mass is 10.3. The molecule has 0 spiro atoms. The molecule has 6 heteroatoms. The minimum atomic E-state index is -0.687. The molecular formula is C11H8FN3O2. The Labute approximate surface area is 96.0 Å². The first kappa shape index (κ1) is 11.0. The fraction of sp³-hybridized carbons (Fsp3) is 0. The first-order chi connectivity index (χ1) is 8.18. The number of pyridine rings is 2. The molecule has 2 rings (SSSR count). The molecule has 17 heavy (non-hydrogen) atoms. The van der Waals surface area contributed by atoms with Crippen molar-refractivity contribution in [3.05, 3.63) is 48.3 Å². The van der Waals surface area contributed by atoms with Gasteiger partial charge in [-0.2, -0.15) is 0 Å². The Morgan fingerprint density at radius 2 is 2.18 bits per heavy atom. The molecule has 0 bridgehead atoms. The van der Waals surface area contributed by atoms with Gasteiger partial charge in [0.05, 0.1) is 11.9 Å². The molecule has 0 atom stereocenters. The Kier molecular flexibility index (Phi) is 2.95. The summed E-state index contributed by atoms with van der Waals surface area (Å²) in [5, 5.41) is 11.7. The van der Waals surface area contributed by atoms with Crippen LogP contribution in [0.1, 0.15) is 10.5 Å². The van der Waals surface area contributed by atoms with Gasteiger partial charge in [0, 0.05) is 12.4 Å². The number of hydrogen-bond acceptors (Lipinski definition) is 4. The van der Waals surface area contributed by atoms with Crippen LogP contribution < -0.4 is 5.32 Å². The molecule has 2 aromatic rings. The second-order valence-electron chi connectivity index (χ2n) is 3.18. The molecule has 0 radical (unpaired) electrons. The normalized spacial score (nSPS) is 9.94. The van der Waals surface area contributed by atoms with Crippen LogP contribution in [0, 0.1) is 5.82 Å². The molecule has 0 aliphatic heterocycles. The quantitative estimate of drug-likeness (QED) is 0.825. The predicted octanol–water partition coefficient (Wildman–Crippen LogP) is 1.57. The summed E-state index contributed by atoms with van der Waals surface area (Å²) in [6.07, 6.45) is 3.68. The minimum Gasteiger partial charge on any atom is -0.505 e. The zero-order valence-corrected chi connectivity index (χ0v) is 8.59. The third-order valence-corrected chi connectivity index (χ3v) is 2.02. The van der Waals surface area contributed by atoms with Gasteiger partial charge in [0.2, 0.25) is 0 Å². The van der Waals surface area contributed by atoms with Crippen molar-refractivity contribution in [1.82, 2.24) is 9.97 Å². The molecule has 1 amide bonds. The van der Waals surface area contributed by atoms with Crippen LogP contribution in [0.5, 0.6) is 5.75 Å². The first-order valence-electron chi connectivity index (χ1n) is 4.73. The Bertz CT molecular complexity index is 560. The number of nitrogens with zero attached hydrogens (tertiary/aromatic N) is 2. The number of anilines is 1. The average Bonchev–Trinajstić information content (AvgIpc) is 2.32. The SMILES string of the molecule is O=C(Nc1ccncc1F)c1ncccc1O. The van der Waals surface area contributed by atoms with Gasteiger partial charge in [-0.05, 0) is 18.2 Å². The Morgan fingerprint density at radius 3 is 2.88 bits per heavy atom. The number of carbonyl (C=O) groups is 1. The Morgan fingerprint density at radius 1 is 1.35 bits per heavy atom. The zero-order valence-electron chi connectivity index (χ0n) is 8.59. The van der Waals surface area contributed by atoms with E-state index in [1.54, 1.807) is 0 Å². The Hall–Kier alpha value is -2.50. The van der Waals surface area contributed by atoms with Crippen molar-refractivity contribution >= 4 is 11.6 Å². The highest BCUT2D eigenvalue weighted by molar-refractivity contribution is 6.04. The van der Waals surface area contributed by atoms with Crippen molar-refractivity contribution < 1.29 is 14.3 Å². The number of carbonyl (C=O) groups excluding carboxylic acids is 1. The molecule has 0 aliphatic rings. The summed E-state index contributed by atoms with van der Waals surface area (Å²) in [6.45, 7) is 0. The van der Waals surface area contributed by atoms with E-state index >= 15 is 0 Å². The number of amides is 1. The topological polar surface area (TPSA) is 75.1 Å². The van der Waals surface area contributed by atoms with Gasteiger partial charge in [-0.15, -0.1) is 0 Å². The highest BCUT2D eigenvalue weighted by Crippen LogP contribution is 2.16. The number of halogens is 1. The molecule has 2 heterocycles. The number of nitrogens with one attached hydrogen (secondary N) is 1. The van der Waals surface area contributed by atoms with Gasteiger partial charge in [-0.25, -0.2) is 9.37 Å². The molecule has 2 N–H and O–H groups in total. The maximum absolute atomic E-state index is 13.2. The molecule has 0 fully saturated rings. The van der Waals surface area contributed by atoms with Gasteiger partial charge in [0.25, 0.3) is 5.91 Å². The van der Waals surface area contributed by atoms with Crippen molar-refractivity contribution in [2.45, 2.75) is 0 Å². The first-order valence-corrected chi connectivity index (χ1v) is 4.73. The molecular weight excluding hydrogens is 225 g/mol. The fourth-order valence-corrected chi connectivity index (χ4v) is 1.23. The van der Waals surface area contributed by atoms with E-state index in [2.05, 4.69) is 15.3 Å². The summed E-state index contributed by atoms with van der Waals surface area (Å²) in [6, 6.07) is 4.12. The maximum Gasteiger partial charge on any atom is 0.278 e. The molecule has 5 nitrogen and oxygen atoms in total. The monoisotopic (exact) mass is 233 g/mol. The highest BCUT2D eigenvalue weighted by Gasteiger charge is 2.13. The molecule has 2 aromatic heterocycles. The van der Waals surface area contributed by atoms with Crippen LogP contribution in [0.15, 0.2) is 36.8 Å². The number of rotatable bonds is 2. The van der Waals surface area contributed by atoms with Gasteiger partial charge >= 0.3 is 0 Å². The van der Waals surface area contributed by atoms with Crippen LogP contribution in [0.3, 0.4) is 0 Å². The van der Waals surface area contributed by atoms with Crippen LogP contribution in [0.25, 0.3) is 0 Å². The van der Waals surface area contributed by atoms with E-state index < -0.39 is 11.7 Å². The summed E-state index contributed by atoms with van der Waals surface area (Å²) >= 11 is 0. The Balaban J connectivity index is 2.24. The molecule has 0 saturated carbocycles. The van der Waals surface area contributed by atoms with Crippen LogP contribution in [-0.2, 0) is 0 Å². The van der Waals surface area contributed by atoms with Gasteiger partial charge < -0.3 is 10.4 Å². The van der Waals surface area contributed by atoms with E-state index in [0.717, 1.165) is 6.20 Å². The van der Waals surface area contributed by atoms with E-state index in [1.807, 2.05) is 0 Å². The molecule has 0 unspecified atom stereocenters. The van der Waals surface area contributed by atoms with Crippen LogP contribution in [0.2, 0.25) is 0 Å². The van der Waals surface area contributed by atoms with Gasteiger partial charge in [0.1, 0.15) is 5.75 Å². The number of aromatic hydroxyl groups is 1. The molecule has 0 aliphatic carbocycles. The summed E-state index contributed by atoms with van der Waals surface area (Å²) in [4.78, 5) is 18.9. The third kappa shape index (κ3) is 2.36. The van der Waals surface area contributed by atoms with Crippen molar-refractivity contribution in [2.24, 2.45) is 0 Å². The summed E-state index contributed by atoms with van der Waals surface area (Å²) in [5.74, 6) is -1.61. The van der Waals surface area contributed by atoms with E-state index in [-0.39, 0.29) is 17.1 Å². The minimum absolute atomic E-state index is 0.0185. The lowest BCUT2D eigenvalue weighted by molar-refractivity contribution is 0.101. The predicted molar refractivity (Wildman–Crippen MR) is 58.1 cm³/mol. The van der Waals surface area contributed by atoms with E-state index in [4.69, 9.17) is 0 Å². The average molecular weight is 233 g/mol. The second kappa shape index (κ2) is 4.56. The summed E-state index contributed by atoms with van der Waals surface area (Å²) in [7, 11) is 0. The van der Waals surface area contributed by atoms with Crippen LogP contribution in [-0.4, -0.2) is 21.0 Å². The second-order valence-corrected chi connectivity index (χ2v) is 3.18. The fourth-order valence-electron chi connectivity index (χ4n) is 1.23. The van der Waals surface area contributed by atoms with Crippen molar-refractivity contribution in [2.75, 3.05) is 5.32 Å². The smallest absolute Gasteiger partial charge is 0.278 e. The molecule has 86 valence electrons. The third-order valence-electron chi connectivity index (χ3n) is 2.02. The van der Waals surface area contributed by atoms with Crippen molar-refractivity contribution in [1.29, 1.82) is 0 Å². The summed E-state index contributed by atoms with van der Waals surface area (Å²) in [5.41, 5.74) is -0.182. The van der Waals surface area contributed by atoms with Gasteiger partial charge in [-0.3, -0.25) is 9.78 Å². The standard InChI is InChI=1S/C11H8FN3O2/c12-7-6-13-5-3-8(7)15-11(17)10-9(16)2-1-4-14-10/h1-6,16H,(H,13,15,17). The van der Waals surface area contributed by atoms with Gasteiger partial charge in [0.15, 0.2) is 11.5 Å². The van der Waals surface area contributed by atoms with E-state index in [9.17, 15) is 14.3 Å². The largest absolute Gasteiger partial charge is 0.505 e. The molecule has 0 saturated heterocycles. The van der Waals surface area contributed by atoms with E-state index in [0.29, 0.717) is 0 Å². The van der Waals surface area contributed by atoms with Gasteiger partial charge in [-0.1, -0.05) is 0 Å². The molecule has 0 aromatic carbocycles. The zero-order chi connectivity index (χ0) is 12.3. The van der Waals surface area contributed by atoms with Crippen molar-refractivity contribution in [3.63, 3.8) is 0 Å². The highest BCUT2D eigenvalue weighted by atomic mass is 19.1.